The van der Waals surface area contributed by atoms with E-state index in [2.05, 4.69) is 26.2 Å². The molecule has 0 amide bonds. The monoisotopic (exact) mass is 298 g/mol. The molecule has 0 aliphatic heterocycles. The van der Waals surface area contributed by atoms with E-state index >= 15 is 0 Å². The van der Waals surface area contributed by atoms with Crippen molar-refractivity contribution in [2.75, 3.05) is 5.32 Å². The minimum Gasteiger partial charge on any atom is -0.476 e. The van der Waals surface area contributed by atoms with Crippen molar-refractivity contribution in [1.29, 1.82) is 0 Å². The van der Waals surface area contributed by atoms with Crippen LogP contribution in [0.1, 0.15) is 10.5 Å². The van der Waals surface area contributed by atoms with Gasteiger partial charge in [0.25, 0.3) is 0 Å². The molecule has 0 aliphatic carbocycles. The van der Waals surface area contributed by atoms with Gasteiger partial charge in [0.05, 0.1) is 11.2 Å². The quantitative estimate of drug-likeness (QED) is 0.912. The second kappa shape index (κ2) is 4.63. The summed E-state index contributed by atoms with van der Waals surface area (Å²) in [5.41, 5.74) is 2.36. The molecule has 0 atom stereocenters. The van der Waals surface area contributed by atoms with Gasteiger partial charge in [-0.05, 0) is 28.1 Å². The molecule has 0 fully saturated rings. The Hall–Kier alpha value is -1.40. The van der Waals surface area contributed by atoms with Crippen molar-refractivity contribution in [3.63, 3.8) is 0 Å². The number of hydrogen-bond donors (Lipinski definition) is 2. The second-order valence-corrected chi connectivity index (χ2v) is 4.65. The largest absolute Gasteiger partial charge is 0.476 e. The smallest absolute Gasteiger partial charge is 0.357 e. The average molecular weight is 299 g/mol. The van der Waals surface area contributed by atoms with Gasteiger partial charge in [-0.3, -0.25) is 0 Å². The van der Waals surface area contributed by atoms with Crippen molar-refractivity contribution in [1.82, 2.24) is 4.98 Å². The number of aromatic carboxylic acids is 1. The predicted octanol–water partition coefficient (Wildman–Crippen LogP) is 3.35. The number of hydrogen-bond acceptors (Lipinski definition) is 4. The van der Waals surface area contributed by atoms with Crippen molar-refractivity contribution in [2.24, 2.45) is 0 Å². The van der Waals surface area contributed by atoms with Gasteiger partial charge in [0.15, 0.2) is 5.69 Å². The molecule has 1 heterocycles. The molecule has 0 saturated heterocycles. The van der Waals surface area contributed by atoms with Crippen LogP contribution in [0.25, 0.3) is 0 Å². The third-order valence-corrected chi connectivity index (χ3v) is 3.33. The SMILES string of the molecule is O=C(O)c1ncsc1Nc1ccccc1Br. The van der Waals surface area contributed by atoms with Gasteiger partial charge in [0.1, 0.15) is 5.00 Å². The van der Waals surface area contributed by atoms with Crippen LogP contribution in [0.3, 0.4) is 0 Å². The van der Waals surface area contributed by atoms with Crippen LogP contribution < -0.4 is 5.32 Å². The average Bonchev–Trinajstić information content (AvgIpc) is 2.69. The topological polar surface area (TPSA) is 62.2 Å². The molecule has 2 aromatic rings. The van der Waals surface area contributed by atoms with Gasteiger partial charge in [-0.2, -0.15) is 0 Å². The lowest BCUT2D eigenvalue weighted by Crippen LogP contribution is -2.01. The number of anilines is 2. The molecule has 16 heavy (non-hydrogen) atoms. The molecule has 82 valence electrons. The zero-order chi connectivity index (χ0) is 11.5. The molecule has 0 aliphatic rings. The lowest BCUT2D eigenvalue weighted by atomic mass is 10.3. The first-order valence-corrected chi connectivity index (χ1v) is 6.04. The van der Waals surface area contributed by atoms with Gasteiger partial charge in [-0.1, -0.05) is 12.1 Å². The third-order valence-electron chi connectivity index (χ3n) is 1.89. The van der Waals surface area contributed by atoms with Crippen molar-refractivity contribution in [3.8, 4) is 0 Å². The van der Waals surface area contributed by atoms with Crippen LogP contribution in [0.5, 0.6) is 0 Å². The second-order valence-electron chi connectivity index (χ2n) is 2.94. The van der Waals surface area contributed by atoms with Gasteiger partial charge >= 0.3 is 5.97 Å². The Balaban J connectivity index is 2.31. The normalized spacial score (nSPS) is 10.1. The summed E-state index contributed by atoms with van der Waals surface area (Å²) in [5.74, 6) is -1.03. The van der Waals surface area contributed by atoms with Gasteiger partial charge in [-0.25, -0.2) is 9.78 Å². The summed E-state index contributed by atoms with van der Waals surface area (Å²) >= 11 is 4.64. The summed E-state index contributed by atoms with van der Waals surface area (Å²) < 4.78 is 0.875. The Morgan fingerprint density at radius 1 is 1.44 bits per heavy atom. The Morgan fingerprint density at radius 3 is 2.88 bits per heavy atom. The lowest BCUT2D eigenvalue weighted by Gasteiger charge is -2.06. The third kappa shape index (κ3) is 2.23. The molecule has 2 N–H and O–H groups in total. The Labute approximate surface area is 104 Å². The van der Waals surface area contributed by atoms with Gasteiger partial charge in [0, 0.05) is 4.47 Å². The number of para-hydroxylation sites is 1. The van der Waals surface area contributed by atoms with Crippen molar-refractivity contribution in [2.45, 2.75) is 0 Å². The molecular weight excluding hydrogens is 292 g/mol. The standard InChI is InChI=1S/C10H7BrN2O2S/c11-6-3-1-2-4-7(6)13-9-8(10(14)15)12-5-16-9/h1-5,13H,(H,14,15). The molecule has 6 heteroatoms. The summed E-state index contributed by atoms with van der Waals surface area (Å²) in [6.45, 7) is 0. The van der Waals surface area contributed by atoms with Gasteiger partial charge < -0.3 is 10.4 Å². The molecule has 0 saturated carbocycles. The molecular formula is C10H7BrN2O2S. The van der Waals surface area contributed by atoms with E-state index in [0.29, 0.717) is 5.00 Å². The summed E-state index contributed by atoms with van der Waals surface area (Å²) in [7, 11) is 0. The summed E-state index contributed by atoms with van der Waals surface area (Å²) in [4.78, 5) is 14.6. The number of aromatic nitrogens is 1. The molecule has 1 aromatic carbocycles. The van der Waals surface area contributed by atoms with Gasteiger partial charge in [0.2, 0.25) is 0 Å². The highest BCUT2D eigenvalue weighted by Crippen LogP contribution is 2.29. The molecule has 2 rings (SSSR count). The number of carbonyl (C=O) groups is 1. The van der Waals surface area contributed by atoms with E-state index in [-0.39, 0.29) is 5.69 Å². The molecule has 0 spiro atoms. The van der Waals surface area contributed by atoms with E-state index in [1.165, 1.54) is 16.8 Å². The van der Waals surface area contributed by atoms with Crippen LogP contribution >= 0.6 is 27.3 Å². The number of rotatable bonds is 3. The highest BCUT2D eigenvalue weighted by atomic mass is 79.9. The van der Waals surface area contributed by atoms with E-state index < -0.39 is 5.97 Å². The van der Waals surface area contributed by atoms with Crippen LogP contribution in [0.4, 0.5) is 10.7 Å². The first-order valence-electron chi connectivity index (χ1n) is 4.37. The summed E-state index contributed by atoms with van der Waals surface area (Å²) in [6.07, 6.45) is 0. The number of nitrogens with zero attached hydrogens (tertiary/aromatic N) is 1. The highest BCUT2D eigenvalue weighted by molar-refractivity contribution is 9.10. The van der Waals surface area contributed by atoms with Crippen LogP contribution in [-0.4, -0.2) is 16.1 Å². The van der Waals surface area contributed by atoms with E-state index in [0.717, 1.165) is 10.2 Å². The summed E-state index contributed by atoms with van der Waals surface area (Å²) in [6, 6.07) is 7.49. The summed E-state index contributed by atoms with van der Waals surface area (Å²) in [5, 5.41) is 12.5. The van der Waals surface area contributed by atoms with Crippen molar-refractivity contribution >= 4 is 43.9 Å². The number of nitrogens with one attached hydrogen (secondary N) is 1. The minimum absolute atomic E-state index is 0.0424. The molecule has 0 unspecified atom stereocenters. The molecule has 0 radical (unpaired) electrons. The number of halogens is 1. The Bertz CT molecular complexity index is 527. The van der Waals surface area contributed by atoms with E-state index in [4.69, 9.17) is 5.11 Å². The lowest BCUT2D eigenvalue weighted by molar-refractivity contribution is 0.0692. The first kappa shape index (κ1) is 11.1. The molecule has 4 nitrogen and oxygen atoms in total. The van der Waals surface area contributed by atoms with Crippen molar-refractivity contribution in [3.05, 3.63) is 39.9 Å². The first-order chi connectivity index (χ1) is 7.68. The maximum absolute atomic E-state index is 10.9. The maximum Gasteiger partial charge on any atom is 0.357 e. The minimum atomic E-state index is -1.03. The zero-order valence-corrected chi connectivity index (χ0v) is 10.4. The van der Waals surface area contributed by atoms with Crippen LogP contribution in [0.15, 0.2) is 34.2 Å². The molecule has 1 aromatic heterocycles. The Morgan fingerprint density at radius 2 is 2.19 bits per heavy atom. The van der Waals surface area contributed by atoms with E-state index in [9.17, 15) is 4.79 Å². The van der Waals surface area contributed by atoms with Crippen LogP contribution in [0, 0.1) is 0 Å². The van der Waals surface area contributed by atoms with Crippen LogP contribution in [-0.2, 0) is 0 Å². The van der Waals surface area contributed by atoms with Crippen molar-refractivity contribution < 1.29 is 9.90 Å². The maximum atomic E-state index is 10.9. The fourth-order valence-electron chi connectivity index (χ4n) is 1.17. The highest BCUT2D eigenvalue weighted by Gasteiger charge is 2.13. The van der Waals surface area contributed by atoms with E-state index in [1.807, 2.05) is 24.3 Å². The number of carboxylic acids is 1. The molecule has 0 bridgehead atoms. The number of thiazole rings is 1. The number of carboxylic acid groups (broad SMARTS) is 1. The van der Waals surface area contributed by atoms with Crippen LogP contribution in [0.2, 0.25) is 0 Å². The fraction of sp³-hybridized carbons (Fsp3) is 0. The van der Waals surface area contributed by atoms with E-state index in [1.54, 1.807) is 0 Å². The fourth-order valence-corrected chi connectivity index (χ4v) is 2.24. The zero-order valence-electron chi connectivity index (χ0n) is 7.98. The number of benzene rings is 1. The predicted molar refractivity (Wildman–Crippen MR) is 66.5 cm³/mol. The van der Waals surface area contributed by atoms with Gasteiger partial charge in [-0.15, -0.1) is 11.3 Å². The Kier molecular flexibility index (Phi) is 3.21.